The standard InChI is InChI=1S/C16H14N4O4/c1-23-14-5-3-4-13(15(14)24-2)10-6-11(16(21)22)8-12(7-10)20-9-17-18-19-20/h3-9H,1-2H3,(H,21,22). The number of nitrogens with zero attached hydrogens (tertiary/aromatic N) is 4. The molecule has 24 heavy (non-hydrogen) atoms. The first-order valence-electron chi connectivity index (χ1n) is 6.97. The Morgan fingerprint density at radius 3 is 2.62 bits per heavy atom. The van der Waals surface area contributed by atoms with E-state index in [1.165, 1.54) is 24.2 Å². The molecule has 0 aliphatic heterocycles. The molecule has 0 bridgehead atoms. The predicted octanol–water partition coefficient (Wildman–Crippen LogP) is 2.04. The van der Waals surface area contributed by atoms with Crippen LogP contribution < -0.4 is 9.47 Å². The summed E-state index contributed by atoms with van der Waals surface area (Å²) in [6.45, 7) is 0. The van der Waals surface area contributed by atoms with Gasteiger partial charge in [-0.1, -0.05) is 12.1 Å². The predicted molar refractivity (Wildman–Crippen MR) is 84.7 cm³/mol. The second-order valence-corrected chi connectivity index (χ2v) is 4.87. The Morgan fingerprint density at radius 1 is 1.17 bits per heavy atom. The number of rotatable bonds is 5. The monoisotopic (exact) mass is 326 g/mol. The number of methoxy groups -OCH3 is 2. The van der Waals surface area contributed by atoms with E-state index in [9.17, 15) is 9.90 Å². The maximum atomic E-state index is 11.5. The summed E-state index contributed by atoms with van der Waals surface area (Å²) in [5.74, 6) is 0.0259. The van der Waals surface area contributed by atoms with Gasteiger partial charge in [-0.05, 0) is 40.3 Å². The summed E-state index contributed by atoms with van der Waals surface area (Å²) in [4.78, 5) is 11.5. The molecule has 0 radical (unpaired) electrons. The number of aromatic nitrogens is 4. The summed E-state index contributed by atoms with van der Waals surface area (Å²) in [6.07, 6.45) is 1.40. The molecular weight excluding hydrogens is 312 g/mol. The molecule has 0 amide bonds. The van der Waals surface area contributed by atoms with E-state index in [0.717, 1.165) is 0 Å². The third-order valence-corrected chi connectivity index (χ3v) is 3.49. The number of benzene rings is 2. The van der Waals surface area contributed by atoms with Gasteiger partial charge in [-0.25, -0.2) is 9.48 Å². The van der Waals surface area contributed by atoms with Crippen LogP contribution in [-0.4, -0.2) is 45.5 Å². The number of ether oxygens (including phenoxy) is 2. The fourth-order valence-corrected chi connectivity index (χ4v) is 2.42. The van der Waals surface area contributed by atoms with E-state index in [4.69, 9.17) is 9.47 Å². The normalized spacial score (nSPS) is 10.4. The van der Waals surface area contributed by atoms with E-state index in [1.807, 2.05) is 6.07 Å². The number of carboxylic acids is 1. The van der Waals surface area contributed by atoms with Crippen molar-refractivity contribution >= 4 is 5.97 Å². The summed E-state index contributed by atoms with van der Waals surface area (Å²) in [5, 5.41) is 20.3. The van der Waals surface area contributed by atoms with Gasteiger partial charge in [-0.15, -0.1) is 5.10 Å². The second-order valence-electron chi connectivity index (χ2n) is 4.87. The molecule has 0 spiro atoms. The number of hydrogen-bond acceptors (Lipinski definition) is 6. The molecule has 0 fully saturated rings. The highest BCUT2D eigenvalue weighted by Crippen LogP contribution is 2.38. The lowest BCUT2D eigenvalue weighted by Gasteiger charge is -2.14. The zero-order valence-electron chi connectivity index (χ0n) is 13.0. The zero-order chi connectivity index (χ0) is 17.1. The second kappa shape index (κ2) is 6.37. The van der Waals surface area contributed by atoms with Crippen LogP contribution in [0.25, 0.3) is 16.8 Å². The van der Waals surface area contributed by atoms with Crippen molar-refractivity contribution in [3.8, 4) is 28.3 Å². The van der Waals surface area contributed by atoms with Crippen LogP contribution in [0.15, 0.2) is 42.7 Å². The molecule has 8 nitrogen and oxygen atoms in total. The summed E-state index contributed by atoms with van der Waals surface area (Å²) < 4.78 is 12.1. The average molecular weight is 326 g/mol. The fourth-order valence-electron chi connectivity index (χ4n) is 2.42. The average Bonchev–Trinajstić information content (AvgIpc) is 3.15. The molecule has 1 heterocycles. The molecule has 1 aromatic heterocycles. The van der Waals surface area contributed by atoms with Crippen molar-refractivity contribution in [2.75, 3.05) is 14.2 Å². The van der Waals surface area contributed by atoms with E-state index in [1.54, 1.807) is 31.4 Å². The van der Waals surface area contributed by atoms with Crippen molar-refractivity contribution in [1.29, 1.82) is 0 Å². The molecule has 2 aromatic carbocycles. The quantitative estimate of drug-likeness (QED) is 0.766. The number of carbonyl (C=O) groups is 1. The Labute approximate surface area is 137 Å². The molecule has 122 valence electrons. The lowest BCUT2D eigenvalue weighted by Crippen LogP contribution is -2.02. The summed E-state index contributed by atoms with van der Waals surface area (Å²) in [6, 6.07) is 10.2. The van der Waals surface area contributed by atoms with Crippen LogP contribution in [0, 0.1) is 0 Å². The van der Waals surface area contributed by atoms with E-state index >= 15 is 0 Å². The first kappa shape index (κ1) is 15.5. The number of hydrogen-bond donors (Lipinski definition) is 1. The van der Waals surface area contributed by atoms with Crippen molar-refractivity contribution in [3.05, 3.63) is 48.3 Å². The first-order chi connectivity index (χ1) is 11.6. The van der Waals surface area contributed by atoms with Gasteiger partial charge in [0.25, 0.3) is 0 Å². The summed E-state index contributed by atoms with van der Waals surface area (Å²) >= 11 is 0. The maximum absolute atomic E-state index is 11.5. The van der Waals surface area contributed by atoms with Crippen molar-refractivity contribution < 1.29 is 19.4 Å². The van der Waals surface area contributed by atoms with E-state index in [2.05, 4.69) is 15.5 Å². The number of tetrazole rings is 1. The molecular formula is C16H14N4O4. The van der Waals surface area contributed by atoms with Crippen molar-refractivity contribution in [2.24, 2.45) is 0 Å². The van der Waals surface area contributed by atoms with Crippen molar-refractivity contribution in [3.63, 3.8) is 0 Å². The third kappa shape index (κ3) is 2.76. The van der Waals surface area contributed by atoms with Crippen LogP contribution >= 0.6 is 0 Å². The molecule has 0 saturated heterocycles. The SMILES string of the molecule is COc1cccc(-c2cc(C(=O)O)cc(-n3cnnn3)c2)c1OC. The van der Waals surface area contributed by atoms with Gasteiger partial charge in [0.1, 0.15) is 6.33 Å². The van der Waals surface area contributed by atoms with E-state index in [-0.39, 0.29) is 5.56 Å². The minimum absolute atomic E-state index is 0.114. The Balaban J connectivity index is 2.23. The number of para-hydroxylation sites is 1. The van der Waals surface area contributed by atoms with Gasteiger partial charge >= 0.3 is 5.97 Å². The van der Waals surface area contributed by atoms with Crippen LogP contribution in [0.4, 0.5) is 0 Å². The fraction of sp³-hybridized carbons (Fsp3) is 0.125. The molecule has 0 aliphatic rings. The number of carboxylic acid groups (broad SMARTS) is 1. The Kier molecular flexibility index (Phi) is 4.11. The van der Waals surface area contributed by atoms with Crippen LogP contribution in [0.5, 0.6) is 11.5 Å². The molecule has 3 rings (SSSR count). The highest BCUT2D eigenvalue weighted by atomic mass is 16.5. The zero-order valence-corrected chi connectivity index (χ0v) is 13.0. The molecule has 1 N–H and O–H groups in total. The van der Waals surface area contributed by atoms with Gasteiger partial charge in [-0.3, -0.25) is 0 Å². The lowest BCUT2D eigenvalue weighted by molar-refractivity contribution is 0.0697. The molecule has 0 aliphatic carbocycles. The summed E-state index contributed by atoms with van der Waals surface area (Å²) in [5.41, 5.74) is 1.99. The van der Waals surface area contributed by atoms with Gasteiger partial charge < -0.3 is 14.6 Å². The third-order valence-electron chi connectivity index (χ3n) is 3.49. The van der Waals surface area contributed by atoms with Gasteiger partial charge in [0.2, 0.25) is 0 Å². The largest absolute Gasteiger partial charge is 0.493 e. The molecule has 8 heteroatoms. The molecule has 3 aromatic rings. The van der Waals surface area contributed by atoms with Gasteiger partial charge in [0.15, 0.2) is 11.5 Å². The molecule has 0 unspecified atom stereocenters. The Bertz CT molecular complexity index is 878. The van der Waals surface area contributed by atoms with Crippen molar-refractivity contribution in [2.45, 2.75) is 0 Å². The molecule has 0 atom stereocenters. The minimum atomic E-state index is -1.05. The van der Waals surface area contributed by atoms with Gasteiger partial charge in [-0.2, -0.15) is 0 Å². The van der Waals surface area contributed by atoms with E-state index < -0.39 is 5.97 Å². The van der Waals surface area contributed by atoms with Crippen molar-refractivity contribution in [1.82, 2.24) is 20.2 Å². The highest BCUT2D eigenvalue weighted by molar-refractivity contribution is 5.91. The van der Waals surface area contributed by atoms with Gasteiger partial charge in [0, 0.05) is 5.56 Å². The smallest absolute Gasteiger partial charge is 0.335 e. The summed E-state index contributed by atoms with van der Waals surface area (Å²) in [7, 11) is 3.08. The van der Waals surface area contributed by atoms with E-state index in [0.29, 0.717) is 28.3 Å². The first-order valence-corrected chi connectivity index (χ1v) is 6.97. The molecule has 0 saturated carbocycles. The van der Waals surface area contributed by atoms with Crippen LogP contribution in [0.2, 0.25) is 0 Å². The minimum Gasteiger partial charge on any atom is -0.493 e. The number of aromatic carboxylic acids is 1. The highest BCUT2D eigenvalue weighted by Gasteiger charge is 2.15. The lowest BCUT2D eigenvalue weighted by atomic mass is 10.0. The van der Waals surface area contributed by atoms with Crippen LogP contribution in [0.1, 0.15) is 10.4 Å². The Morgan fingerprint density at radius 2 is 2.00 bits per heavy atom. The Hall–Kier alpha value is -3.42. The van der Waals surface area contributed by atoms with Crippen LogP contribution in [-0.2, 0) is 0 Å². The van der Waals surface area contributed by atoms with Crippen LogP contribution in [0.3, 0.4) is 0 Å². The van der Waals surface area contributed by atoms with Gasteiger partial charge in [0.05, 0.1) is 25.5 Å². The maximum Gasteiger partial charge on any atom is 0.335 e. The topological polar surface area (TPSA) is 99.4 Å².